The van der Waals surface area contributed by atoms with Gasteiger partial charge in [0.25, 0.3) is 0 Å². The zero-order valence-corrected chi connectivity index (χ0v) is 11.9. The van der Waals surface area contributed by atoms with E-state index in [1.165, 1.54) is 0 Å². The maximum absolute atomic E-state index is 13.8. The number of carbonyl (C=O) groups is 1. The molecule has 1 unspecified atom stereocenters. The number of allylic oxidation sites excluding steroid dienone is 3. The van der Waals surface area contributed by atoms with E-state index >= 15 is 0 Å². The summed E-state index contributed by atoms with van der Waals surface area (Å²) in [5, 5.41) is -0.393. The molecule has 0 heterocycles. The van der Waals surface area contributed by atoms with Crippen LogP contribution in [0.15, 0.2) is 34.6 Å². The Kier molecular flexibility index (Phi) is 4.62. The molecule has 0 aromatic heterocycles. The average molecular weight is 355 g/mol. The number of carbonyl (C=O) groups excluding carboxylic acids is 1. The van der Waals surface area contributed by atoms with Gasteiger partial charge in [-0.15, -0.1) is 0 Å². The van der Waals surface area contributed by atoms with E-state index in [9.17, 15) is 26.7 Å². The molecule has 2 rings (SSSR count). The third-order valence-electron chi connectivity index (χ3n) is 2.62. The summed E-state index contributed by atoms with van der Waals surface area (Å²) in [6.07, 6.45) is -1.74. The molecule has 9 heteroatoms. The molecule has 0 aliphatic heterocycles. The lowest BCUT2D eigenvalue weighted by Crippen LogP contribution is -2.28. The quantitative estimate of drug-likeness (QED) is 0.263. The van der Waals surface area contributed by atoms with E-state index in [0.717, 1.165) is 0 Å². The van der Waals surface area contributed by atoms with Gasteiger partial charge in [0.15, 0.2) is 23.6 Å². The van der Waals surface area contributed by atoms with Crippen molar-refractivity contribution in [3.8, 4) is 5.75 Å². The summed E-state index contributed by atoms with van der Waals surface area (Å²) < 4.78 is 70.6. The molecule has 1 atom stereocenters. The molecule has 0 spiro atoms. The fraction of sp³-hybridized carbons (Fsp3) is 0.0769. The number of hydrogen-bond acceptors (Lipinski definition) is 3. The van der Waals surface area contributed by atoms with Crippen molar-refractivity contribution in [3.63, 3.8) is 0 Å². The van der Waals surface area contributed by atoms with Crippen LogP contribution < -0.4 is 4.74 Å². The van der Waals surface area contributed by atoms with Crippen LogP contribution in [0, 0.1) is 17.5 Å². The van der Waals surface area contributed by atoms with Gasteiger partial charge in [-0.05, 0) is 6.08 Å². The van der Waals surface area contributed by atoms with Crippen molar-refractivity contribution in [3.05, 3.63) is 52.1 Å². The lowest BCUT2D eigenvalue weighted by Gasteiger charge is -2.17. The van der Waals surface area contributed by atoms with Crippen molar-refractivity contribution in [1.29, 1.82) is 0 Å². The van der Waals surface area contributed by atoms with E-state index in [1.807, 2.05) is 0 Å². The molecule has 0 saturated heterocycles. The van der Waals surface area contributed by atoms with E-state index in [2.05, 4.69) is 17.0 Å². The number of ether oxygens (including phenoxy) is 1. The fourth-order valence-corrected chi connectivity index (χ4v) is 1.96. The highest BCUT2D eigenvalue weighted by Crippen LogP contribution is 2.30. The highest BCUT2D eigenvalue weighted by atomic mass is 35.5. The van der Waals surface area contributed by atoms with Crippen molar-refractivity contribution < 1.29 is 31.5 Å². The molecule has 1 aliphatic rings. The minimum atomic E-state index is -2.35. The van der Waals surface area contributed by atoms with Crippen LogP contribution in [0.2, 0.25) is 0 Å². The van der Waals surface area contributed by atoms with Crippen LogP contribution >= 0.6 is 23.8 Å². The number of halogens is 6. The van der Waals surface area contributed by atoms with Gasteiger partial charge in [0.1, 0.15) is 17.1 Å². The SMILES string of the molecule is O=C(Oc1cc(F)c(F)c(F)c1)C1=C(F)C=C(Cl)C(=S)C1F. The molecule has 0 N–H and O–H groups in total. The van der Waals surface area contributed by atoms with Crippen molar-refractivity contribution in [2.24, 2.45) is 0 Å². The Hall–Kier alpha value is -1.80. The van der Waals surface area contributed by atoms with E-state index in [4.69, 9.17) is 11.6 Å². The standard InChI is InChI=1S/C13H4ClF5O2S/c14-5-3-6(15)9(11(19)12(5)22)13(20)21-4-1-7(16)10(18)8(17)2-4/h1-3,11H. The number of alkyl halides is 1. The zero-order chi connectivity index (χ0) is 16.6. The fourth-order valence-electron chi connectivity index (χ4n) is 1.59. The third-order valence-corrected chi connectivity index (χ3v) is 3.47. The molecule has 0 amide bonds. The Morgan fingerprint density at radius 1 is 1.18 bits per heavy atom. The first-order valence-electron chi connectivity index (χ1n) is 5.54. The topological polar surface area (TPSA) is 26.3 Å². The Morgan fingerprint density at radius 2 is 1.73 bits per heavy atom. The van der Waals surface area contributed by atoms with Crippen molar-refractivity contribution in [2.45, 2.75) is 6.17 Å². The van der Waals surface area contributed by atoms with Crippen molar-refractivity contribution in [2.75, 3.05) is 0 Å². The number of esters is 1. The molecule has 0 radical (unpaired) electrons. The summed E-state index contributed by atoms with van der Waals surface area (Å²) >= 11 is 10.0. The molecule has 116 valence electrons. The average Bonchev–Trinajstić information content (AvgIpc) is 2.42. The highest BCUT2D eigenvalue weighted by Gasteiger charge is 2.34. The molecule has 0 saturated carbocycles. The van der Waals surface area contributed by atoms with Gasteiger partial charge in [0, 0.05) is 12.1 Å². The van der Waals surface area contributed by atoms with Gasteiger partial charge in [0.2, 0.25) is 0 Å². The van der Waals surface area contributed by atoms with E-state index < -0.39 is 56.6 Å². The molecule has 1 aliphatic carbocycles. The number of rotatable bonds is 2. The van der Waals surface area contributed by atoms with Gasteiger partial charge in [-0.1, -0.05) is 23.8 Å². The Labute approximate surface area is 130 Å². The van der Waals surface area contributed by atoms with Gasteiger partial charge in [-0.25, -0.2) is 26.7 Å². The third kappa shape index (κ3) is 3.02. The summed E-state index contributed by atoms with van der Waals surface area (Å²) in [6, 6.07) is 0.706. The van der Waals surface area contributed by atoms with Crippen LogP contribution in [0.1, 0.15) is 0 Å². The van der Waals surface area contributed by atoms with E-state index in [0.29, 0.717) is 18.2 Å². The lowest BCUT2D eigenvalue weighted by atomic mass is 10.0. The maximum Gasteiger partial charge on any atom is 0.345 e. The molecule has 0 fully saturated rings. The highest BCUT2D eigenvalue weighted by molar-refractivity contribution is 7.81. The zero-order valence-electron chi connectivity index (χ0n) is 10.3. The second-order valence-corrected chi connectivity index (χ2v) is 4.92. The minimum absolute atomic E-state index is 0.353. The van der Waals surface area contributed by atoms with Gasteiger partial charge >= 0.3 is 5.97 Å². The minimum Gasteiger partial charge on any atom is -0.423 e. The summed E-state index contributed by atoms with van der Waals surface area (Å²) in [5.41, 5.74) is -1.10. The van der Waals surface area contributed by atoms with Crippen LogP contribution in [0.3, 0.4) is 0 Å². The number of thiocarbonyl (C=S) groups is 1. The van der Waals surface area contributed by atoms with Gasteiger partial charge in [0.05, 0.1) is 9.90 Å². The Balaban J connectivity index is 2.33. The second kappa shape index (κ2) is 6.13. The van der Waals surface area contributed by atoms with E-state index in [1.54, 1.807) is 0 Å². The molecule has 0 bridgehead atoms. The number of hydrogen-bond donors (Lipinski definition) is 0. The molecule has 22 heavy (non-hydrogen) atoms. The first-order chi connectivity index (χ1) is 10.2. The summed E-state index contributed by atoms with van der Waals surface area (Å²) in [4.78, 5) is 11.2. The van der Waals surface area contributed by atoms with E-state index in [-0.39, 0.29) is 0 Å². The molecular weight excluding hydrogens is 351 g/mol. The van der Waals surface area contributed by atoms with Crippen LogP contribution in [0.5, 0.6) is 5.75 Å². The van der Waals surface area contributed by atoms with Gasteiger partial charge < -0.3 is 4.74 Å². The van der Waals surface area contributed by atoms with Gasteiger partial charge in [-0.2, -0.15) is 0 Å². The summed E-state index contributed by atoms with van der Waals surface area (Å²) in [7, 11) is 0. The van der Waals surface area contributed by atoms with Crippen LogP contribution in [-0.2, 0) is 4.79 Å². The normalized spacial score (nSPS) is 18.4. The van der Waals surface area contributed by atoms with Crippen molar-refractivity contribution in [1.82, 2.24) is 0 Å². The molecular formula is C13H4ClF5O2S. The first kappa shape index (κ1) is 16.6. The van der Waals surface area contributed by atoms with Crippen LogP contribution in [0.4, 0.5) is 22.0 Å². The van der Waals surface area contributed by atoms with Crippen molar-refractivity contribution >= 4 is 34.7 Å². The summed E-state index contributed by atoms with van der Waals surface area (Å²) in [5.74, 6) is -8.70. The van der Waals surface area contributed by atoms with Gasteiger partial charge in [-0.3, -0.25) is 0 Å². The summed E-state index contributed by atoms with van der Waals surface area (Å²) in [6.45, 7) is 0. The predicted molar refractivity (Wildman–Crippen MR) is 71.5 cm³/mol. The molecule has 1 aromatic carbocycles. The smallest absolute Gasteiger partial charge is 0.345 e. The first-order valence-corrected chi connectivity index (χ1v) is 6.33. The van der Waals surface area contributed by atoms with Crippen LogP contribution in [0.25, 0.3) is 0 Å². The molecule has 2 nitrogen and oxygen atoms in total. The van der Waals surface area contributed by atoms with Crippen LogP contribution in [-0.4, -0.2) is 17.0 Å². The monoisotopic (exact) mass is 354 g/mol. The second-order valence-electron chi connectivity index (χ2n) is 4.07. The Morgan fingerprint density at radius 3 is 2.27 bits per heavy atom. The predicted octanol–water partition coefficient (Wildman–Crippen LogP) is 4.08. The lowest BCUT2D eigenvalue weighted by molar-refractivity contribution is -0.130. The Bertz CT molecular complexity index is 721. The number of benzene rings is 1. The largest absolute Gasteiger partial charge is 0.423 e. The maximum atomic E-state index is 13.8. The molecule has 1 aromatic rings.